The van der Waals surface area contributed by atoms with Gasteiger partial charge in [0.05, 0.1) is 12.2 Å². The average molecular weight is 297 g/mol. The number of aromatic nitrogens is 2. The minimum Gasteiger partial charge on any atom is -0.364 e. The van der Waals surface area contributed by atoms with Crippen molar-refractivity contribution in [3.05, 3.63) is 50.8 Å². The summed E-state index contributed by atoms with van der Waals surface area (Å²) in [7, 11) is 0. The molecule has 1 aliphatic carbocycles. The molecule has 0 spiro atoms. The van der Waals surface area contributed by atoms with E-state index >= 15 is 0 Å². The molecule has 0 aromatic carbocycles. The standard InChI is InChI=1S/C17H19N3O2/c1-10(2)16-13(9-22-19-16)8-20-11(3)6-14(12-4-5-12)15(7-18)17(20)21/h6,9-10,12H,4-5,8H2,1-3H3. The molecule has 2 aromatic rings. The molecular formula is C17H19N3O2. The van der Waals surface area contributed by atoms with Crippen molar-refractivity contribution in [2.45, 2.75) is 52.0 Å². The summed E-state index contributed by atoms with van der Waals surface area (Å²) in [6.45, 7) is 6.38. The van der Waals surface area contributed by atoms with E-state index in [4.69, 9.17) is 4.52 Å². The molecule has 0 N–H and O–H groups in total. The highest BCUT2D eigenvalue weighted by atomic mass is 16.5. The van der Waals surface area contributed by atoms with E-state index in [0.717, 1.165) is 35.4 Å². The molecule has 5 nitrogen and oxygen atoms in total. The lowest BCUT2D eigenvalue weighted by Gasteiger charge is -2.13. The van der Waals surface area contributed by atoms with Gasteiger partial charge in [-0.3, -0.25) is 4.79 Å². The zero-order valence-electron chi connectivity index (χ0n) is 13.1. The molecule has 0 radical (unpaired) electrons. The minimum absolute atomic E-state index is 0.208. The fourth-order valence-electron chi connectivity index (χ4n) is 2.85. The normalized spacial score (nSPS) is 14.3. The van der Waals surface area contributed by atoms with Gasteiger partial charge in [0.15, 0.2) is 0 Å². The lowest BCUT2D eigenvalue weighted by molar-refractivity contribution is 0.408. The second kappa shape index (κ2) is 5.45. The molecule has 22 heavy (non-hydrogen) atoms. The average Bonchev–Trinajstić information content (AvgIpc) is 3.21. The Bertz CT molecular complexity index is 804. The van der Waals surface area contributed by atoms with Gasteiger partial charge in [0.1, 0.15) is 17.9 Å². The molecule has 2 heterocycles. The summed E-state index contributed by atoms with van der Waals surface area (Å²) in [5.74, 6) is 0.614. The molecule has 2 aromatic heterocycles. The van der Waals surface area contributed by atoms with Crippen molar-refractivity contribution in [1.82, 2.24) is 9.72 Å². The fourth-order valence-corrected chi connectivity index (χ4v) is 2.85. The van der Waals surface area contributed by atoms with Gasteiger partial charge in [0.25, 0.3) is 5.56 Å². The third-order valence-corrected chi connectivity index (χ3v) is 4.22. The van der Waals surface area contributed by atoms with E-state index in [9.17, 15) is 10.1 Å². The maximum atomic E-state index is 12.7. The second-order valence-electron chi connectivity index (χ2n) is 6.27. The quantitative estimate of drug-likeness (QED) is 0.869. The number of nitrogens with zero attached hydrogens (tertiary/aromatic N) is 3. The van der Waals surface area contributed by atoms with Crippen LogP contribution in [0.1, 0.15) is 66.6 Å². The van der Waals surface area contributed by atoms with Gasteiger partial charge in [-0.1, -0.05) is 19.0 Å². The van der Waals surface area contributed by atoms with E-state index in [1.807, 2.05) is 26.8 Å². The molecule has 0 bridgehead atoms. The second-order valence-corrected chi connectivity index (χ2v) is 6.27. The molecule has 0 atom stereocenters. The molecule has 0 saturated heterocycles. The summed E-state index contributed by atoms with van der Waals surface area (Å²) in [6.07, 6.45) is 3.73. The maximum absolute atomic E-state index is 12.7. The molecule has 0 aliphatic heterocycles. The number of pyridine rings is 1. The van der Waals surface area contributed by atoms with Crippen molar-refractivity contribution in [2.24, 2.45) is 0 Å². The van der Waals surface area contributed by atoms with Crippen LogP contribution < -0.4 is 5.56 Å². The van der Waals surface area contributed by atoms with Crippen LogP contribution in [0.2, 0.25) is 0 Å². The molecule has 1 saturated carbocycles. The zero-order chi connectivity index (χ0) is 15.9. The summed E-state index contributed by atoms with van der Waals surface area (Å²) in [6, 6.07) is 4.08. The van der Waals surface area contributed by atoms with Gasteiger partial charge in [0, 0.05) is 11.3 Å². The zero-order valence-corrected chi connectivity index (χ0v) is 13.1. The highest BCUT2D eigenvalue weighted by Crippen LogP contribution is 2.41. The molecule has 0 unspecified atom stereocenters. The lowest BCUT2D eigenvalue weighted by Crippen LogP contribution is -2.27. The number of rotatable bonds is 4. The Labute approximate surface area is 129 Å². The first-order valence-electron chi connectivity index (χ1n) is 7.60. The Hall–Kier alpha value is -2.35. The molecule has 0 amide bonds. The van der Waals surface area contributed by atoms with Gasteiger partial charge < -0.3 is 9.09 Å². The van der Waals surface area contributed by atoms with E-state index in [0.29, 0.717) is 12.5 Å². The van der Waals surface area contributed by atoms with Crippen LogP contribution in [0.3, 0.4) is 0 Å². The molecule has 3 rings (SSSR count). The molecule has 114 valence electrons. The van der Waals surface area contributed by atoms with Gasteiger partial charge in [-0.2, -0.15) is 5.26 Å². The van der Waals surface area contributed by atoms with E-state index < -0.39 is 0 Å². The summed E-state index contributed by atoms with van der Waals surface area (Å²) in [5, 5.41) is 13.4. The van der Waals surface area contributed by atoms with E-state index in [-0.39, 0.29) is 17.0 Å². The molecule has 5 heteroatoms. The lowest BCUT2D eigenvalue weighted by atomic mass is 10.0. The van der Waals surface area contributed by atoms with Crippen molar-refractivity contribution in [3.8, 4) is 6.07 Å². The predicted molar refractivity (Wildman–Crippen MR) is 81.8 cm³/mol. The Morgan fingerprint density at radius 2 is 2.23 bits per heavy atom. The number of hydrogen-bond donors (Lipinski definition) is 0. The smallest absolute Gasteiger partial charge is 0.269 e. The summed E-state index contributed by atoms with van der Waals surface area (Å²) in [4.78, 5) is 12.7. The van der Waals surface area contributed by atoms with E-state index in [2.05, 4.69) is 11.2 Å². The molecule has 1 fully saturated rings. The number of aryl methyl sites for hydroxylation is 1. The van der Waals surface area contributed by atoms with Crippen LogP contribution in [0.5, 0.6) is 0 Å². The third-order valence-electron chi connectivity index (χ3n) is 4.22. The van der Waals surface area contributed by atoms with Crippen LogP contribution in [0.15, 0.2) is 21.6 Å². The van der Waals surface area contributed by atoms with Crippen molar-refractivity contribution >= 4 is 0 Å². The largest absolute Gasteiger partial charge is 0.364 e. The van der Waals surface area contributed by atoms with Crippen LogP contribution in [0.4, 0.5) is 0 Å². The van der Waals surface area contributed by atoms with Crippen molar-refractivity contribution in [1.29, 1.82) is 5.26 Å². The Morgan fingerprint density at radius 1 is 1.50 bits per heavy atom. The van der Waals surface area contributed by atoms with Crippen molar-refractivity contribution < 1.29 is 4.52 Å². The monoisotopic (exact) mass is 297 g/mol. The SMILES string of the molecule is Cc1cc(C2CC2)c(C#N)c(=O)n1Cc1conc1C(C)C. The molecule has 1 aliphatic rings. The summed E-state index contributed by atoms with van der Waals surface area (Å²) < 4.78 is 6.70. The Morgan fingerprint density at radius 3 is 2.82 bits per heavy atom. The summed E-state index contributed by atoms with van der Waals surface area (Å²) >= 11 is 0. The summed E-state index contributed by atoms with van der Waals surface area (Å²) in [5.41, 5.74) is 3.62. The van der Waals surface area contributed by atoms with Gasteiger partial charge in [0.2, 0.25) is 0 Å². The highest BCUT2D eigenvalue weighted by Gasteiger charge is 2.29. The first kappa shape index (κ1) is 14.6. The number of hydrogen-bond acceptors (Lipinski definition) is 4. The highest BCUT2D eigenvalue weighted by molar-refractivity contribution is 5.41. The first-order valence-corrected chi connectivity index (χ1v) is 7.60. The van der Waals surface area contributed by atoms with Crippen molar-refractivity contribution in [3.63, 3.8) is 0 Å². The Kier molecular flexibility index (Phi) is 3.61. The number of nitriles is 1. The maximum Gasteiger partial charge on any atom is 0.269 e. The third kappa shape index (κ3) is 2.45. The van der Waals surface area contributed by atoms with E-state index in [1.54, 1.807) is 10.8 Å². The predicted octanol–water partition coefficient (Wildman–Crippen LogP) is 3.07. The van der Waals surface area contributed by atoms with Crippen LogP contribution in [-0.4, -0.2) is 9.72 Å². The Balaban J connectivity index is 2.06. The van der Waals surface area contributed by atoms with Gasteiger partial charge in [-0.05, 0) is 43.2 Å². The van der Waals surface area contributed by atoms with Crippen LogP contribution in [0, 0.1) is 18.3 Å². The van der Waals surface area contributed by atoms with Crippen molar-refractivity contribution in [2.75, 3.05) is 0 Å². The van der Waals surface area contributed by atoms with Gasteiger partial charge >= 0.3 is 0 Å². The van der Waals surface area contributed by atoms with E-state index in [1.165, 1.54) is 0 Å². The fraction of sp³-hybridized carbons (Fsp3) is 0.471. The first-order chi connectivity index (χ1) is 10.5. The van der Waals surface area contributed by atoms with Gasteiger partial charge in [-0.25, -0.2) is 0 Å². The minimum atomic E-state index is -0.208. The van der Waals surface area contributed by atoms with Gasteiger partial charge in [-0.15, -0.1) is 0 Å². The van der Waals surface area contributed by atoms with Crippen LogP contribution in [-0.2, 0) is 6.54 Å². The molecular weight excluding hydrogens is 278 g/mol. The van der Waals surface area contributed by atoms with Crippen LogP contribution >= 0.6 is 0 Å². The topological polar surface area (TPSA) is 71.8 Å². The van der Waals surface area contributed by atoms with Crippen LogP contribution in [0.25, 0.3) is 0 Å².